The van der Waals surface area contributed by atoms with Crippen LogP contribution in [-0.4, -0.2) is 22.0 Å². The fourth-order valence-corrected chi connectivity index (χ4v) is 2.22. The van der Waals surface area contributed by atoms with Crippen LogP contribution in [0.2, 0.25) is 5.02 Å². The monoisotopic (exact) mass is 285 g/mol. The molecule has 2 aromatic rings. The second-order valence-electron chi connectivity index (χ2n) is 3.93. The minimum absolute atomic E-state index is 0.0464. The predicted octanol–water partition coefficient (Wildman–Crippen LogP) is 2.56. The largest absolute Gasteiger partial charge is 0.355 e. The molecular formula is C12H13Cl2N3O. The topological polar surface area (TPSA) is 46.9 Å². The standard InChI is InChI=1S/C12H13Cl2N3O/c1-8(18)15-4-5-17-11-3-2-9(14)6-10(11)16-12(17)7-13/h2-3,6H,4-5,7H2,1H3,(H,15,18). The first-order valence-corrected chi connectivity index (χ1v) is 6.48. The van der Waals surface area contributed by atoms with Crippen molar-refractivity contribution in [3.8, 4) is 0 Å². The number of benzene rings is 1. The van der Waals surface area contributed by atoms with Crippen LogP contribution in [0.1, 0.15) is 12.7 Å². The highest BCUT2D eigenvalue weighted by Crippen LogP contribution is 2.21. The lowest BCUT2D eigenvalue weighted by atomic mass is 10.3. The van der Waals surface area contributed by atoms with E-state index in [1.165, 1.54) is 6.92 Å². The Hall–Kier alpha value is -1.26. The Kier molecular flexibility index (Phi) is 4.09. The summed E-state index contributed by atoms with van der Waals surface area (Å²) in [5.74, 6) is 1.06. The lowest BCUT2D eigenvalue weighted by molar-refractivity contribution is -0.118. The summed E-state index contributed by atoms with van der Waals surface area (Å²) in [5, 5.41) is 3.40. The minimum atomic E-state index is -0.0464. The molecule has 0 fully saturated rings. The van der Waals surface area contributed by atoms with Gasteiger partial charge in [-0.3, -0.25) is 4.79 Å². The van der Waals surface area contributed by atoms with Crippen LogP contribution in [0, 0.1) is 0 Å². The lowest BCUT2D eigenvalue weighted by Crippen LogP contribution is -2.24. The molecule has 1 amide bonds. The normalized spacial score (nSPS) is 10.8. The summed E-state index contributed by atoms with van der Waals surface area (Å²) in [4.78, 5) is 15.3. The Balaban J connectivity index is 2.31. The number of hydrogen-bond acceptors (Lipinski definition) is 2. The molecule has 0 bridgehead atoms. The molecule has 0 saturated heterocycles. The third kappa shape index (κ3) is 2.76. The van der Waals surface area contributed by atoms with E-state index >= 15 is 0 Å². The van der Waals surface area contributed by atoms with Crippen molar-refractivity contribution in [2.24, 2.45) is 0 Å². The number of nitrogens with one attached hydrogen (secondary N) is 1. The van der Waals surface area contributed by atoms with Gasteiger partial charge in [-0.25, -0.2) is 4.98 Å². The quantitative estimate of drug-likeness (QED) is 0.878. The third-order valence-corrected chi connectivity index (χ3v) is 3.09. The van der Waals surface area contributed by atoms with Crippen LogP contribution in [0.4, 0.5) is 0 Å². The van der Waals surface area contributed by atoms with Crippen molar-refractivity contribution in [2.45, 2.75) is 19.3 Å². The van der Waals surface area contributed by atoms with Gasteiger partial charge in [0.15, 0.2) is 0 Å². The molecule has 0 unspecified atom stereocenters. The van der Waals surface area contributed by atoms with Gasteiger partial charge < -0.3 is 9.88 Å². The minimum Gasteiger partial charge on any atom is -0.355 e. The number of nitrogens with zero attached hydrogens (tertiary/aromatic N) is 2. The summed E-state index contributed by atoms with van der Waals surface area (Å²) in [5.41, 5.74) is 1.79. The van der Waals surface area contributed by atoms with Crippen molar-refractivity contribution in [3.63, 3.8) is 0 Å². The van der Waals surface area contributed by atoms with Crippen molar-refractivity contribution in [2.75, 3.05) is 6.54 Å². The van der Waals surface area contributed by atoms with E-state index in [0.717, 1.165) is 16.9 Å². The molecule has 2 rings (SSSR count). The first-order chi connectivity index (χ1) is 8.61. The molecule has 6 heteroatoms. The Morgan fingerprint density at radius 2 is 2.28 bits per heavy atom. The Morgan fingerprint density at radius 1 is 1.50 bits per heavy atom. The zero-order valence-electron chi connectivity index (χ0n) is 9.91. The summed E-state index contributed by atoms with van der Waals surface area (Å²) in [7, 11) is 0. The average Bonchev–Trinajstić information content (AvgIpc) is 2.66. The number of aromatic nitrogens is 2. The van der Waals surface area contributed by atoms with Gasteiger partial charge in [0.1, 0.15) is 5.82 Å². The first kappa shape index (κ1) is 13.2. The molecule has 96 valence electrons. The molecule has 0 aliphatic heterocycles. The fraction of sp³-hybridized carbons (Fsp3) is 0.333. The van der Waals surface area contributed by atoms with Gasteiger partial charge in [-0.2, -0.15) is 0 Å². The van der Waals surface area contributed by atoms with Gasteiger partial charge in [-0.15, -0.1) is 11.6 Å². The van der Waals surface area contributed by atoms with Crippen LogP contribution in [-0.2, 0) is 17.2 Å². The van der Waals surface area contributed by atoms with Gasteiger partial charge in [-0.05, 0) is 18.2 Å². The second kappa shape index (κ2) is 5.59. The summed E-state index contributed by atoms with van der Waals surface area (Å²) in [6.45, 7) is 2.68. The van der Waals surface area contributed by atoms with Crippen molar-refractivity contribution < 1.29 is 4.79 Å². The molecule has 1 aromatic carbocycles. The predicted molar refractivity (Wildman–Crippen MR) is 73.0 cm³/mol. The molecule has 0 aliphatic carbocycles. The van der Waals surface area contributed by atoms with Gasteiger partial charge in [0.25, 0.3) is 0 Å². The van der Waals surface area contributed by atoms with E-state index in [4.69, 9.17) is 23.2 Å². The first-order valence-electron chi connectivity index (χ1n) is 5.57. The average molecular weight is 286 g/mol. The molecule has 0 saturated carbocycles. The van der Waals surface area contributed by atoms with Crippen molar-refractivity contribution in [1.29, 1.82) is 0 Å². The van der Waals surface area contributed by atoms with Crippen LogP contribution in [0.25, 0.3) is 11.0 Å². The second-order valence-corrected chi connectivity index (χ2v) is 4.63. The molecule has 0 radical (unpaired) electrons. The Labute approximate surface area is 115 Å². The number of hydrogen-bond donors (Lipinski definition) is 1. The van der Waals surface area contributed by atoms with Crippen LogP contribution in [0.5, 0.6) is 0 Å². The van der Waals surface area contributed by atoms with Gasteiger partial charge >= 0.3 is 0 Å². The smallest absolute Gasteiger partial charge is 0.216 e. The summed E-state index contributed by atoms with van der Waals surface area (Å²) in [6, 6.07) is 5.54. The van der Waals surface area contributed by atoms with Crippen molar-refractivity contribution >= 4 is 40.1 Å². The molecule has 18 heavy (non-hydrogen) atoms. The highest BCUT2D eigenvalue weighted by molar-refractivity contribution is 6.31. The third-order valence-electron chi connectivity index (χ3n) is 2.62. The number of halogens is 2. The Morgan fingerprint density at radius 3 is 2.94 bits per heavy atom. The molecule has 0 aliphatic rings. The number of carbonyl (C=O) groups is 1. The number of alkyl halides is 1. The van der Waals surface area contributed by atoms with Crippen LogP contribution in [0.15, 0.2) is 18.2 Å². The molecular weight excluding hydrogens is 273 g/mol. The maximum absolute atomic E-state index is 10.9. The lowest BCUT2D eigenvalue weighted by Gasteiger charge is -2.08. The molecule has 1 aromatic heterocycles. The van der Waals surface area contributed by atoms with E-state index < -0.39 is 0 Å². The van der Waals surface area contributed by atoms with Crippen molar-refractivity contribution in [3.05, 3.63) is 29.0 Å². The van der Waals surface area contributed by atoms with Gasteiger partial charge in [0.2, 0.25) is 5.91 Å². The van der Waals surface area contributed by atoms with Crippen molar-refractivity contribution in [1.82, 2.24) is 14.9 Å². The number of fused-ring (bicyclic) bond motifs is 1. The fourth-order valence-electron chi connectivity index (χ4n) is 1.85. The maximum Gasteiger partial charge on any atom is 0.216 e. The highest BCUT2D eigenvalue weighted by atomic mass is 35.5. The van der Waals surface area contributed by atoms with E-state index in [2.05, 4.69) is 10.3 Å². The maximum atomic E-state index is 10.9. The molecule has 0 spiro atoms. The van der Waals surface area contributed by atoms with Gasteiger partial charge in [0, 0.05) is 25.0 Å². The SMILES string of the molecule is CC(=O)NCCn1c(CCl)nc2cc(Cl)ccc21. The summed E-state index contributed by atoms with van der Waals surface area (Å²) >= 11 is 11.8. The zero-order chi connectivity index (χ0) is 13.1. The van der Waals surface area contributed by atoms with E-state index in [-0.39, 0.29) is 5.91 Å². The number of carbonyl (C=O) groups excluding carboxylic acids is 1. The van der Waals surface area contributed by atoms with E-state index in [0.29, 0.717) is 24.0 Å². The number of imidazole rings is 1. The summed E-state index contributed by atoms with van der Waals surface area (Å²) < 4.78 is 1.99. The molecule has 1 heterocycles. The number of rotatable bonds is 4. The Bertz CT molecular complexity index is 580. The van der Waals surface area contributed by atoms with Crippen LogP contribution in [0.3, 0.4) is 0 Å². The molecule has 0 atom stereocenters. The number of amides is 1. The van der Waals surface area contributed by atoms with Gasteiger partial charge in [0.05, 0.1) is 16.9 Å². The van der Waals surface area contributed by atoms with Crippen LogP contribution >= 0.6 is 23.2 Å². The zero-order valence-corrected chi connectivity index (χ0v) is 11.4. The van der Waals surface area contributed by atoms with Gasteiger partial charge in [-0.1, -0.05) is 11.6 Å². The summed E-state index contributed by atoms with van der Waals surface area (Å²) in [6.07, 6.45) is 0. The molecule has 1 N–H and O–H groups in total. The van der Waals surface area contributed by atoms with E-state index in [1.807, 2.05) is 22.8 Å². The van der Waals surface area contributed by atoms with Crippen LogP contribution < -0.4 is 5.32 Å². The highest BCUT2D eigenvalue weighted by Gasteiger charge is 2.10. The van der Waals surface area contributed by atoms with E-state index in [1.54, 1.807) is 0 Å². The van der Waals surface area contributed by atoms with E-state index in [9.17, 15) is 4.79 Å². The molecule has 4 nitrogen and oxygen atoms in total.